The largest absolute Gasteiger partial charge is 0.319 e. The predicted octanol–water partition coefficient (Wildman–Crippen LogP) is 2.21. The van der Waals surface area contributed by atoms with Crippen molar-refractivity contribution in [3.05, 3.63) is 0 Å². The molecule has 1 unspecified atom stereocenters. The SMILES string of the molecule is CC.CCN(C)CCC(C)CNC. The second-order valence-corrected chi connectivity index (χ2v) is 3.35. The molecule has 1 N–H and O–H groups in total. The van der Waals surface area contributed by atoms with Crippen molar-refractivity contribution in [2.75, 3.05) is 33.7 Å². The Morgan fingerprint density at radius 3 is 2.23 bits per heavy atom. The Kier molecular flexibility index (Phi) is 14.1. The van der Waals surface area contributed by atoms with Gasteiger partial charge in [0.05, 0.1) is 0 Å². The first kappa shape index (κ1) is 15.4. The van der Waals surface area contributed by atoms with E-state index in [4.69, 9.17) is 0 Å². The molecule has 0 amide bonds. The zero-order chi connectivity index (χ0) is 10.7. The van der Waals surface area contributed by atoms with Gasteiger partial charge < -0.3 is 10.2 Å². The zero-order valence-corrected chi connectivity index (χ0v) is 10.4. The first-order chi connectivity index (χ1) is 6.20. The Morgan fingerprint density at radius 2 is 1.85 bits per heavy atom. The lowest BCUT2D eigenvalue weighted by Gasteiger charge is -2.16. The normalized spacial score (nSPS) is 12.2. The van der Waals surface area contributed by atoms with Gasteiger partial charge in [-0.3, -0.25) is 0 Å². The molecule has 0 radical (unpaired) electrons. The lowest BCUT2D eigenvalue weighted by Crippen LogP contribution is -2.24. The lowest BCUT2D eigenvalue weighted by atomic mass is 10.1. The molecule has 2 heteroatoms. The third kappa shape index (κ3) is 11.9. The predicted molar refractivity (Wildman–Crippen MR) is 62.2 cm³/mol. The molecule has 1 atom stereocenters. The molecule has 0 aromatic carbocycles. The summed E-state index contributed by atoms with van der Waals surface area (Å²) in [5.41, 5.74) is 0. The van der Waals surface area contributed by atoms with Crippen molar-refractivity contribution >= 4 is 0 Å². The van der Waals surface area contributed by atoms with E-state index in [1.807, 2.05) is 20.9 Å². The van der Waals surface area contributed by atoms with Crippen molar-refractivity contribution < 1.29 is 0 Å². The molecule has 0 aliphatic heterocycles. The standard InChI is InChI=1S/C9H22N2.C2H6/c1-5-11(4)7-6-9(2)8-10-3;1-2/h9-10H,5-8H2,1-4H3;1-2H3. The quantitative estimate of drug-likeness (QED) is 0.687. The van der Waals surface area contributed by atoms with Crippen molar-refractivity contribution in [2.24, 2.45) is 5.92 Å². The summed E-state index contributed by atoms with van der Waals surface area (Å²) in [4.78, 5) is 2.35. The molecule has 0 saturated carbocycles. The average Bonchev–Trinajstić information content (AvgIpc) is 2.18. The van der Waals surface area contributed by atoms with Crippen LogP contribution in [0.25, 0.3) is 0 Å². The van der Waals surface area contributed by atoms with Gasteiger partial charge in [-0.15, -0.1) is 0 Å². The molecule has 0 aromatic rings. The highest BCUT2D eigenvalue weighted by Crippen LogP contribution is 2.00. The van der Waals surface area contributed by atoms with Crippen molar-refractivity contribution in [2.45, 2.75) is 34.1 Å². The molecule has 2 nitrogen and oxygen atoms in total. The highest BCUT2D eigenvalue weighted by Gasteiger charge is 2.01. The fraction of sp³-hybridized carbons (Fsp3) is 1.00. The second-order valence-electron chi connectivity index (χ2n) is 3.35. The van der Waals surface area contributed by atoms with Crippen LogP contribution in [0, 0.1) is 5.92 Å². The fourth-order valence-electron chi connectivity index (χ4n) is 1.05. The van der Waals surface area contributed by atoms with Gasteiger partial charge in [0.1, 0.15) is 0 Å². The monoisotopic (exact) mass is 188 g/mol. The van der Waals surface area contributed by atoms with E-state index in [2.05, 4.69) is 31.1 Å². The summed E-state index contributed by atoms with van der Waals surface area (Å²) in [6, 6.07) is 0. The molecule has 0 rings (SSSR count). The molecule has 0 bridgehead atoms. The molecular formula is C11H28N2. The zero-order valence-electron chi connectivity index (χ0n) is 10.4. The minimum Gasteiger partial charge on any atom is -0.319 e. The molecule has 0 aliphatic rings. The van der Waals surface area contributed by atoms with E-state index in [0.29, 0.717) is 0 Å². The van der Waals surface area contributed by atoms with Gasteiger partial charge in [-0.25, -0.2) is 0 Å². The van der Waals surface area contributed by atoms with Gasteiger partial charge in [0.2, 0.25) is 0 Å². The molecular weight excluding hydrogens is 160 g/mol. The van der Waals surface area contributed by atoms with Gasteiger partial charge in [-0.2, -0.15) is 0 Å². The Labute approximate surface area is 84.7 Å². The van der Waals surface area contributed by atoms with E-state index in [-0.39, 0.29) is 0 Å². The molecule has 13 heavy (non-hydrogen) atoms. The van der Waals surface area contributed by atoms with Crippen LogP contribution in [-0.4, -0.2) is 38.6 Å². The number of nitrogens with one attached hydrogen (secondary N) is 1. The van der Waals surface area contributed by atoms with Crippen LogP contribution >= 0.6 is 0 Å². The summed E-state index contributed by atoms with van der Waals surface area (Å²) in [5.74, 6) is 0.800. The van der Waals surface area contributed by atoms with Crippen LogP contribution in [0.5, 0.6) is 0 Å². The van der Waals surface area contributed by atoms with Crippen molar-refractivity contribution in [1.82, 2.24) is 10.2 Å². The summed E-state index contributed by atoms with van der Waals surface area (Å²) < 4.78 is 0. The van der Waals surface area contributed by atoms with Gasteiger partial charge in [0.25, 0.3) is 0 Å². The third-order valence-electron chi connectivity index (χ3n) is 2.10. The van der Waals surface area contributed by atoms with Crippen LogP contribution in [0.2, 0.25) is 0 Å². The smallest absolute Gasteiger partial charge is 0.00189 e. The molecule has 82 valence electrons. The maximum Gasteiger partial charge on any atom is -0.00189 e. The Hall–Kier alpha value is -0.0800. The number of rotatable bonds is 6. The summed E-state index contributed by atoms with van der Waals surface area (Å²) >= 11 is 0. The summed E-state index contributed by atoms with van der Waals surface area (Å²) in [6.07, 6.45) is 1.30. The second kappa shape index (κ2) is 11.9. The van der Waals surface area contributed by atoms with E-state index in [1.165, 1.54) is 13.0 Å². The topological polar surface area (TPSA) is 15.3 Å². The van der Waals surface area contributed by atoms with Gasteiger partial charge >= 0.3 is 0 Å². The number of hydrogen-bond donors (Lipinski definition) is 1. The average molecular weight is 188 g/mol. The molecule has 0 saturated heterocycles. The third-order valence-corrected chi connectivity index (χ3v) is 2.10. The number of hydrogen-bond acceptors (Lipinski definition) is 2. The molecule has 0 aromatic heterocycles. The first-order valence-electron chi connectivity index (χ1n) is 5.53. The molecule has 0 heterocycles. The van der Waals surface area contributed by atoms with Gasteiger partial charge in [-0.1, -0.05) is 27.7 Å². The van der Waals surface area contributed by atoms with E-state index < -0.39 is 0 Å². The molecule has 0 aliphatic carbocycles. The summed E-state index contributed by atoms with van der Waals surface area (Å²) in [7, 11) is 4.19. The highest BCUT2D eigenvalue weighted by molar-refractivity contribution is 4.57. The van der Waals surface area contributed by atoms with Gasteiger partial charge in [0.15, 0.2) is 0 Å². The van der Waals surface area contributed by atoms with E-state index in [9.17, 15) is 0 Å². The minimum atomic E-state index is 0.800. The van der Waals surface area contributed by atoms with Crippen LogP contribution in [0.3, 0.4) is 0 Å². The minimum absolute atomic E-state index is 0.800. The number of nitrogens with zero attached hydrogens (tertiary/aromatic N) is 1. The van der Waals surface area contributed by atoms with Crippen molar-refractivity contribution in [3.8, 4) is 0 Å². The Morgan fingerprint density at radius 1 is 1.31 bits per heavy atom. The lowest BCUT2D eigenvalue weighted by molar-refractivity contribution is 0.317. The van der Waals surface area contributed by atoms with E-state index in [1.54, 1.807) is 0 Å². The maximum absolute atomic E-state index is 3.19. The van der Waals surface area contributed by atoms with Gasteiger partial charge in [0, 0.05) is 0 Å². The van der Waals surface area contributed by atoms with Crippen LogP contribution in [-0.2, 0) is 0 Å². The Bertz CT molecular complexity index is 84.2. The molecule has 0 spiro atoms. The van der Waals surface area contributed by atoms with Gasteiger partial charge in [-0.05, 0) is 46.1 Å². The van der Waals surface area contributed by atoms with Crippen LogP contribution in [0.1, 0.15) is 34.1 Å². The van der Waals surface area contributed by atoms with E-state index >= 15 is 0 Å². The van der Waals surface area contributed by atoms with Crippen LogP contribution in [0.15, 0.2) is 0 Å². The van der Waals surface area contributed by atoms with Crippen LogP contribution < -0.4 is 5.32 Å². The first-order valence-corrected chi connectivity index (χ1v) is 5.53. The van der Waals surface area contributed by atoms with Crippen LogP contribution in [0.4, 0.5) is 0 Å². The molecule has 0 fully saturated rings. The van der Waals surface area contributed by atoms with Crippen molar-refractivity contribution in [3.63, 3.8) is 0 Å². The fourth-order valence-corrected chi connectivity index (χ4v) is 1.05. The maximum atomic E-state index is 3.19. The van der Waals surface area contributed by atoms with E-state index in [0.717, 1.165) is 19.0 Å². The summed E-state index contributed by atoms with van der Waals surface area (Å²) in [5, 5.41) is 3.19. The summed E-state index contributed by atoms with van der Waals surface area (Å²) in [6.45, 7) is 12.0. The Balaban J connectivity index is 0. The van der Waals surface area contributed by atoms with Crippen molar-refractivity contribution in [1.29, 1.82) is 0 Å². The highest BCUT2D eigenvalue weighted by atomic mass is 15.1.